The number of aromatic nitrogens is 1. The van der Waals surface area contributed by atoms with E-state index in [0.717, 1.165) is 17.0 Å². The van der Waals surface area contributed by atoms with Crippen LogP contribution in [-0.4, -0.2) is 28.9 Å². The molecule has 1 amide bonds. The fourth-order valence-electron chi connectivity index (χ4n) is 2.03. The Bertz CT molecular complexity index is 527. The molecule has 2 N–H and O–H groups in total. The van der Waals surface area contributed by atoms with Crippen LogP contribution in [0.2, 0.25) is 0 Å². The van der Waals surface area contributed by atoms with E-state index in [1.165, 1.54) is 0 Å². The molecule has 1 atom stereocenters. The Morgan fingerprint density at radius 3 is 2.75 bits per heavy atom. The number of nitrogens with zero attached hydrogens (tertiary/aromatic N) is 2. The molecule has 1 aromatic carbocycles. The third-order valence-corrected chi connectivity index (χ3v) is 4.04. The van der Waals surface area contributed by atoms with E-state index in [0.29, 0.717) is 13.1 Å². The predicted octanol–water partition coefficient (Wildman–Crippen LogP) is 2.23. The van der Waals surface area contributed by atoms with Crippen molar-refractivity contribution in [1.29, 1.82) is 0 Å². The van der Waals surface area contributed by atoms with Gasteiger partial charge in [0.15, 0.2) is 0 Å². The van der Waals surface area contributed by atoms with Gasteiger partial charge >= 0.3 is 0 Å². The van der Waals surface area contributed by atoms with Gasteiger partial charge in [-0.05, 0) is 12.5 Å². The van der Waals surface area contributed by atoms with E-state index >= 15 is 0 Å². The Morgan fingerprint density at radius 2 is 2.15 bits per heavy atom. The second-order valence-electron chi connectivity index (χ2n) is 4.48. The molecule has 0 spiro atoms. The minimum atomic E-state index is -0.590. The fraction of sp³-hybridized carbons (Fsp3) is 0.333. The van der Waals surface area contributed by atoms with E-state index in [1.807, 2.05) is 42.6 Å². The first-order valence-corrected chi connectivity index (χ1v) is 7.58. The van der Waals surface area contributed by atoms with Crippen molar-refractivity contribution in [2.75, 3.05) is 13.1 Å². The molecule has 1 heterocycles. The normalized spacial score (nSPS) is 12.1. The topological polar surface area (TPSA) is 59.2 Å². The largest absolute Gasteiger partial charge is 0.341 e. The lowest BCUT2D eigenvalue weighted by atomic mass is 10.1. The summed E-state index contributed by atoms with van der Waals surface area (Å²) in [7, 11) is 0. The number of benzene rings is 1. The standard InChI is InChI=1S/C15H19N3OS/c1-2-18(10-8-13-17-9-11-20-13)15(19)14(16)12-6-4-3-5-7-12/h3-7,9,11,14H,2,8,10,16H2,1H3/t14-/m0/s1. The van der Waals surface area contributed by atoms with Gasteiger partial charge in [0.25, 0.3) is 0 Å². The summed E-state index contributed by atoms with van der Waals surface area (Å²) in [6.07, 6.45) is 2.56. The van der Waals surface area contributed by atoms with Crippen LogP contribution in [0.1, 0.15) is 23.5 Å². The van der Waals surface area contributed by atoms with Crippen LogP contribution in [-0.2, 0) is 11.2 Å². The first-order valence-electron chi connectivity index (χ1n) is 6.70. The average molecular weight is 289 g/mol. The molecule has 0 saturated carbocycles. The number of likely N-dealkylation sites (N-methyl/N-ethyl adjacent to an activating group) is 1. The van der Waals surface area contributed by atoms with E-state index in [9.17, 15) is 4.79 Å². The molecule has 0 radical (unpaired) electrons. The molecule has 20 heavy (non-hydrogen) atoms. The molecule has 0 aliphatic rings. The Morgan fingerprint density at radius 1 is 1.40 bits per heavy atom. The van der Waals surface area contributed by atoms with Crippen LogP contribution in [0.15, 0.2) is 41.9 Å². The maximum absolute atomic E-state index is 12.4. The molecule has 106 valence electrons. The van der Waals surface area contributed by atoms with Gasteiger partial charge in [-0.1, -0.05) is 30.3 Å². The van der Waals surface area contributed by atoms with E-state index in [-0.39, 0.29) is 5.91 Å². The maximum atomic E-state index is 12.4. The highest BCUT2D eigenvalue weighted by Gasteiger charge is 2.21. The summed E-state index contributed by atoms with van der Waals surface area (Å²) >= 11 is 1.61. The summed E-state index contributed by atoms with van der Waals surface area (Å²) in [5.74, 6) is -0.0322. The molecule has 0 unspecified atom stereocenters. The molecular weight excluding hydrogens is 270 g/mol. The van der Waals surface area contributed by atoms with Gasteiger partial charge in [-0.2, -0.15) is 0 Å². The van der Waals surface area contributed by atoms with Crippen molar-refractivity contribution in [3.05, 3.63) is 52.5 Å². The summed E-state index contributed by atoms with van der Waals surface area (Å²) < 4.78 is 0. The first kappa shape index (κ1) is 14.7. The maximum Gasteiger partial charge on any atom is 0.244 e. The number of hydrogen-bond acceptors (Lipinski definition) is 4. The molecule has 5 heteroatoms. The third-order valence-electron chi connectivity index (χ3n) is 3.20. The van der Waals surface area contributed by atoms with Gasteiger partial charge in [-0.15, -0.1) is 11.3 Å². The fourth-order valence-corrected chi connectivity index (χ4v) is 2.64. The van der Waals surface area contributed by atoms with Crippen molar-refractivity contribution in [3.8, 4) is 0 Å². The molecule has 0 bridgehead atoms. The number of hydrogen-bond donors (Lipinski definition) is 1. The molecule has 0 aliphatic heterocycles. The Hall–Kier alpha value is -1.72. The van der Waals surface area contributed by atoms with Gasteiger partial charge < -0.3 is 10.6 Å². The van der Waals surface area contributed by atoms with Crippen molar-refractivity contribution in [2.45, 2.75) is 19.4 Å². The summed E-state index contributed by atoms with van der Waals surface area (Å²) in [4.78, 5) is 18.4. The quantitative estimate of drug-likeness (QED) is 0.887. The number of rotatable bonds is 6. The predicted molar refractivity (Wildman–Crippen MR) is 81.4 cm³/mol. The molecular formula is C15H19N3OS. The second kappa shape index (κ2) is 7.17. The summed E-state index contributed by atoms with van der Waals surface area (Å²) in [5, 5.41) is 2.99. The van der Waals surface area contributed by atoms with Gasteiger partial charge in [0.1, 0.15) is 6.04 Å². The van der Waals surface area contributed by atoms with Crippen LogP contribution in [0.4, 0.5) is 0 Å². The molecule has 1 aromatic heterocycles. The van der Waals surface area contributed by atoms with Gasteiger partial charge in [0.05, 0.1) is 5.01 Å². The van der Waals surface area contributed by atoms with E-state index in [2.05, 4.69) is 4.98 Å². The average Bonchev–Trinajstić information content (AvgIpc) is 3.01. The number of amides is 1. The zero-order valence-electron chi connectivity index (χ0n) is 11.5. The molecule has 0 saturated heterocycles. The third kappa shape index (κ3) is 3.65. The monoisotopic (exact) mass is 289 g/mol. The van der Waals surface area contributed by atoms with Crippen LogP contribution in [0.3, 0.4) is 0 Å². The van der Waals surface area contributed by atoms with Gasteiger partial charge in [0.2, 0.25) is 5.91 Å². The SMILES string of the molecule is CCN(CCc1nccs1)C(=O)[C@@H](N)c1ccccc1. The lowest BCUT2D eigenvalue weighted by Gasteiger charge is -2.24. The lowest BCUT2D eigenvalue weighted by molar-refractivity contribution is -0.132. The van der Waals surface area contributed by atoms with Crippen molar-refractivity contribution in [1.82, 2.24) is 9.88 Å². The van der Waals surface area contributed by atoms with E-state index < -0.39 is 6.04 Å². The minimum absolute atomic E-state index is 0.0322. The van der Waals surface area contributed by atoms with E-state index in [4.69, 9.17) is 5.73 Å². The number of nitrogens with two attached hydrogens (primary N) is 1. The highest BCUT2D eigenvalue weighted by molar-refractivity contribution is 7.09. The number of carbonyl (C=O) groups excluding carboxylic acids is 1. The van der Waals surface area contributed by atoms with Gasteiger partial charge in [-0.3, -0.25) is 4.79 Å². The zero-order chi connectivity index (χ0) is 14.4. The summed E-state index contributed by atoms with van der Waals surface area (Å²) in [5.41, 5.74) is 6.91. The van der Waals surface area contributed by atoms with Crippen molar-refractivity contribution in [3.63, 3.8) is 0 Å². The summed E-state index contributed by atoms with van der Waals surface area (Å²) in [6, 6.07) is 8.89. The Kier molecular flexibility index (Phi) is 5.26. The molecule has 0 aliphatic carbocycles. The highest BCUT2D eigenvalue weighted by atomic mass is 32.1. The zero-order valence-corrected chi connectivity index (χ0v) is 12.3. The van der Waals surface area contributed by atoms with Crippen LogP contribution < -0.4 is 5.73 Å². The first-order chi connectivity index (χ1) is 9.72. The van der Waals surface area contributed by atoms with Crippen LogP contribution >= 0.6 is 11.3 Å². The minimum Gasteiger partial charge on any atom is -0.341 e. The van der Waals surface area contributed by atoms with Crippen LogP contribution in [0.5, 0.6) is 0 Å². The Balaban J connectivity index is 1.98. The van der Waals surface area contributed by atoms with Crippen molar-refractivity contribution in [2.24, 2.45) is 5.73 Å². The van der Waals surface area contributed by atoms with E-state index in [1.54, 1.807) is 22.4 Å². The van der Waals surface area contributed by atoms with Crippen LogP contribution in [0.25, 0.3) is 0 Å². The lowest BCUT2D eigenvalue weighted by Crippen LogP contribution is -2.39. The Labute approximate surface area is 123 Å². The van der Waals surface area contributed by atoms with Crippen molar-refractivity contribution >= 4 is 17.2 Å². The second-order valence-corrected chi connectivity index (χ2v) is 5.46. The smallest absolute Gasteiger partial charge is 0.244 e. The van der Waals surface area contributed by atoms with Crippen LogP contribution in [0, 0.1) is 0 Å². The molecule has 2 rings (SSSR count). The summed E-state index contributed by atoms with van der Waals surface area (Å²) in [6.45, 7) is 3.28. The van der Waals surface area contributed by atoms with Gasteiger partial charge in [-0.25, -0.2) is 4.98 Å². The highest BCUT2D eigenvalue weighted by Crippen LogP contribution is 2.14. The number of thiazole rings is 1. The van der Waals surface area contributed by atoms with Crippen molar-refractivity contribution < 1.29 is 4.79 Å². The number of carbonyl (C=O) groups is 1. The van der Waals surface area contributed by atoms with Gasteiger partial charge in [0, 0.05) is 31.1 Å². The molecule has 2 aromatic rings. The molecule has 0 fully saturated rings. The molecule has 4 nitrogen and oxygen atoms in total.